The molecular formula is C28H38FN3O4S. The van der Waals surface area contributed by atoms with E-state index in [9.17, 15) is 22.4 Å². The first-order valence-electron chi connectivity index (χ1n) is 12.9. The number of benzene rings is 2. The molecule has 3 rings (SSSR count). The molecule has 2 aromatic carbocycles. The number of sulfonamides is 1. The Hall–Kier alpha value is -2.94. The maximum atomic E-state index is 13.8. The highest BCUT2D eigenvalue weighted by Gasteiger charge is 2.33. The quantitative estimate of drug-likeness (QED) is 0.490. The summed E-state index contributed by atoms with van der Waals surface area (Å²) < 4.78 is 40.4. The molecule has 0 radical (unpaired) electrons. The van der Waals surface area contributed by atoms with Crippen LogP contribution in [-0.4, -0.2) is 50.0 Å². The molecule has 0 heterocycles. The summed E-state index contributed by atoms with van der Waals surface area (Å²) in [5.74, 6) is -1.15. The highest BCUT2D eigenvalue weighted by Crippen LogP contribution is 2.27. The van der Waals surface area contributed by atoms with Crippen molar-refractivity contribution in [3.63, 3.8) is 0 Å². The van der Waals surface area contributed by atoms with Gasteiger partial charge in [0.05, 0.1) is 11.9 Å². The number of anilines is 1. The number of carbonyl (C=O) groups is 2. The molecule has 0 saturated heterocycles. The molecular weight excluding hydrogens is 493 g/mol. The van der Waals surface area contributed by atoms with Gasteiger partial charge in [-0.15, -0.1) is 0 Å². The summed E-state index contributed by atoms with van der Waals surface area (Å²) in [6, 6.07) is 10.5. The third-order valence-electron chi connectivity index (χ3n) is 6.97. The molecule has 1 atom stereocenters. The number of para-hydroxylation sites is 1. The Bertz CT molecular complexity index is 1170. The van der Waals surface area contributed by atoms with E-state index in [4.69, 9.17) is 0 Å². The van der Waals surface area contributed by atoms with Crippen LogP contribution >= 0.6 is 0 Å². The lowest BCUT2D eigenvalue weighted by molar-refractivity contribution is -0.140. The van der Waals surface area contributed by atoms with E-state index in [-0.39, 0.29) is 18.5 Å². The van der Waals surface area contributed by atoms with Crippen molar-refractivity contribution in [2.45, 2.75) is 77.9 Å². The van der Waals surface area contributed by atoms with Gasteiger partial charge in [-0.25, -0.2) is 12.8 Å². The number of carbonyl (C=O) groups excluding carboxylic acids is 2. The molecule has 1 fully saturated rings. The van der Waals surface area contributed by atoms with Gasteiger partial charge in [0, 0.05) is 12.6 Å². The summed E-state index contributed by atoms with van der Waals surface area (Å²) in [5, 5.41) is 3.11. The first kappa shape index (κ1) is 28.6. The van der Waals surface area contributed by atoms with Crippen molar-refractivity contribution in [3.8, 4) is 0 Å². The van der Waals surface area contributed by atoms with Crippen LogP contribution in [0.15, 0.2) is 42.5 Å². The lowest BCUT2D eigenvalue weighted by Gasteiger charge is -2.34. The molecule has 1 aliphatic carbocycles. The molecule has 0 bridgehead atoms. The van der Waals surface area contributed by atoms with E-state index in [0.29, 0.717) is 17.7 Å². The summed E-state index contributed by atoms with van der Waals surface area (Å²) in [4.78, 5) is 28.7. The van der Waals surface area contributed by atoms with Gasteiger partial charge in [-0.2, -0.15) is 0 Å². The van der Waals surface area contributed by atoms with Crippen LogP contribution in [0.25, 0.3) is 0 Å². The standard InChI is InChI=1S/C28H38FN3O4S/c1-5-25(28(34)30-24-12-7-6-8-13-24)31(18-22-14-16-23(29)17-15-22)26(33)19-32(37(4,35)36)27-20(2)10-9-11-21(27)3/h9-11,14-17,24-25H,5-8,12-13,18-19H2,1-4H3,(H,30,34)/t25-/m0/s1. The predicted molar refractivity (Wildman–Crippen MR) is 144 cm³/mol. The van der Waals surface area contributed by atoms with Gasteiger partial charge in [0.2, 0.25) is 21.8 Å². The molecule has 0 aliphatic heterocycles. The van der Waals surface area contributed by atoms with Gasteiger partial charge in [0.1, 0.15) is 18.4 Å². The second-order valence-corrected chi connectivity index (χ2v) is 11.8. The van der Waals surface area contributed by atoms with Crippen LogP contribution in [0.1, 0.15) is 62.1 Å². The van der Waals surface area contributed by atoms with Crippen molar-refractivity contribution in [1.29, 1.82) is 0 Å². The highest BCUT2D eigenvalue weighted by atomic mass is 32.2. The van der Waals surface area contributed by atoms with Crippen molar-refractivity contribution in [2.75, 3.05) is 17.1 Å². The second-order valence-electron chi connectivity index (χ2n) is 9.93. The fraction of sp³-hybridized carbons (Fsp3) is 0.500. The molecule has 2 aromatic rings. The van der Waals surface area contributed by atoms with Crippen LogP contribution < -0.4 is 9.62 Å². The lowest BCUT2D eigenvalue weighted by Crippen LogP contribution is -2.54. The van der Waals surface area contributed by atoms with Crippen LogP contribution in [0.2, 0.25) is 0 Å². The number of amides is 2. The molecule has 0 unspecified atom stereocenters. The molecule has 37 heavy (non-hydrogen) atoms. The average Bonchev–Trinajstić information content (AvgIpc) is 2.84. The summed E-state index contributed by atoms with van der Waals surface area (Å²) in [6.45, 7) is 5.04. The second kappa shape index (κ2) is 12.5. The normalized spacial score (nSPS) is 15.2. The maximum Gasteiger partial charge on any atom is 0.244 e. The van der Waals surface area contributed by atoms with Crippen molar-refractivity contribution in [2.24, 2.45) is 0 Å². The van der Waals surface area contributed by atoms with Crippen LogP contribution in [0, 0.1) is 19.7 Å². The number of aryl methyl sites for hydroxylation is 2. The number of rotatable bonds is 10. The van der Waals surface area contributed by atoms with E-state index < -0.39 is 34.3 Å². The molecule has 2 amide bonds. The van der Waals surface area contributed by atoms with Crippen LogP contribution in [-0.2, 0) is 26.2 Å². The zero-order valence-corrected chi connectivity index (χ0v) is 23.0. The Morgan fingerprint density at radius 2 is 1.62 bits per heavy atom. The van der Waals surface area contributed by atoms with E-state index >= 15 is 0 Å². The number of nitrogens with zero attached hydrogens (tertiary/aromatic N) is 2. The molecule has 1 N–H and O–H groups in total. The summed E-state index contributed by atoms with van der Waals surface area (Å²) in [7, 11) is -3.81. The zero-order chi connectivity index (χ0) is 27.2. The number of hydrogen-bond acceptors (Lipinski definition) is 4. The number of nitrogens with one attached hydrogen (secondary N) is 1. The lowest BCUT2D eigenvalue weighted by atomic mass is 9.95. The van der Waals surface area contributed by atoms with Crippen molar-refractivity contribution < 1.29 is 22.4 Å². The Labute approximate surface area is 220 Å². The summed E-state index contributed by atoms with van der Waals surface area (Å²) >= 11 is 0. The monoisotopic (exact) mass is 531 g/mol. The number of hydrogen-bond donors (Lipinski definition) is 1. The molecule has 1 aliphatic rings. The Balaban J connectivity index is 1.94. The maximum absolute atomic E-state index is 13.8. The van der Waals surface area contributed by atoms with Gasteiger partial charge in [0.25, 0.3) is 0 Å². The largest absolute Gasteiger partial charge is 0.352 e. The van der Waals surface area contributed by atoms with Gasteiger partial charge >= 0.3 is 0 Å². The van der Waals surface area contributed by atoms with E-state index in [1.165, 1.54) is 17.0 Å². The smallest absolute Gasteiger partial charge is 0.244 e. The Kier molecular flexibility index (Phi) is 9.70. The van der Waals surface area contributed by atoms with Crippen molar-refractivity contribution in [3.05, 3.63) is 65.0 Å². The van der Waals surface area contributed by atoms with Gasteiger partial charge in [-0.1, -0.05) is 56.5 Å². The summed E-state index contributed by atoms with van der Waals surface area (Å²) in [5.41, 5.74) is 2.56. The first-order chi connectivity index (χ1) is 17.5. The minimum atomic E-state index is -3.81. The van der Waals surface area contributed by atoms with Crippen molar-refractivity contribution >= 4 is 27.5 Å². The Morgan fingerprint density at radius 3 is 2.16 bits per heavy atom. The van der Waals surface area contributed by atoms with Crippen LogP contribution in [0.4, 0.5) is 10.1 Å². The first-order valence-corrected chi connectivity index (χ1v) is 14.7. The fourth-order valence-electron chi connectivity index (χ4n) is 5.03. The minimum Gasteiger partial charge on any atom is -0.352 e. The third kappa shape index (κ3) is 7.53. The predicted octanol–water partition coefficient (Wildman–Crippen LogP) is 4.46. The topological polar surface area (TPSA) is 86.8 Å². The summed E-state index contributed by atoms with van der Waals surface area (Å²) in [6.07, 6.45) is 6.50. The number of halogens is 1. The van der Waals surface area contributed by atoms with Gasteiger partial charge in [-0.05, 0) is 61.9 Å². The third-order valence-corrected chi connectivity index (χ3v) is 8.08. The van der Waals surface area contributed by atoms with E-state index in [1.54, 1.807) is 38.1 Å². The molecule has 0 aromatic heterocycles. The molecule has 0 spiro atoms. The van der Waals surface area contributed by atoms with Crippen LogP contribution in [0.3, 0.4) is 0 Å². The van der Waals surface area contributed by atoms with E-state index in [1.807, 2.05) is 13.0 Å². The fourth-order valence-corrected chi connectivity index (χ4v) is 5.99. The minimum absolute atomic E-state index is 0.0556. The van der Waals surface area contributed by atoms with Crippen molar-refractivity contribution in [1.82, 2.24) is 10.2 Å². The van der Waals surface area contributed by atoms with Crippen LogP contribution in [0.5, 0.6) is 0 Å². The van der Waals surface area contributed by atoms with Gasteiger partial charge < -0.3 is 10.2 Å². The van der Waals surface area contributed by atoms with Gasteiger partial charge in [-0.3, -0.25) is 13.9 Å². The SMILES string of the molecule is CC[C@@H](C(=O)NC1CCCCC1)N(Cc1ccc(F)cc1)C(=O)CN(c1c(C)cccc1C)S(C)(=O)=O. The van der Waals surface area contributed by atoms with Gasteiger partial charge in [0.15, 0.2) is 0 Å². The van der Waals surface area contributed by atoms with E-state index in [2.05, 4.69) is 5.32 Å². The average molecular weight is 532 g/mol. The molecule has 202 valence electrons. The molecule has 1 saturated carbocycles. The molecule has 7 nitrogen and oxygen atoms in total. The van der Waals surface area contributed by atoms with E-state index in [0.717, 1.165) is 53.8 Å². The zero-order valence-electron chi connectivity index (χ0n) is 22.2. The Morgan fingerprint density at radius 1 is 1.03 bits per heavy atom. The highest BCUT2D eigenvalue weighted by molar-refractivity contribution is 7.92. The molecule has 9 heteroatoms.